The van der Waals surface area contributed by atoms with Crippen LogP contribution in [0.15, 0.2) is 59.5 Å². The van der Waals surface area contributed by atoms with Gasteiger partial charge in [0.05, 0.1) is 4.90 Å². The minimum absolute atomic E-state index is 0.0116. The lowest BCUT2D eigenvalue weighted by atomic mass is 9.92. The molecule has 0 radical (unpaired) electrons. The zero-order chi connectivity index (χ0) is 18.9. The molecule has 2 aromatic carbocycles. The van der Waals surface area contributed by atoms with Crippen molar-refractivity contribution in [3.05, 3.63) is 54.6 Å². The van der Waals surface area contributed by atoms with Crippen LogP contribution in [0.25, 0.3) is 0 Å². The molecule has 1 saturated heterocycles. The summed E-state index contributed by atoms with van der Waals surface area (Å²) in [6.07, 6.45) is 2.98. The zero-order valence-corrected chi connectivity index (χ0v) is 15.8. The van der Waals surface area contributed by atoms with Gasteiger partial charge >= 0.3 is 0 Å². The van der Waals surface area contributed by atoms with Gasteiger partial charge in [0.2, 0.25) is 5.91 Å². The number of rotatable bonds is 5. The SMILES string of the molecule is O=C(Nc1cccc(S(=O)(=O)Nc2ccccc2)c1)C1CC12CCNCC2. The van der Waals surface area contributed by atoms with Crippen molar-refractivity contribution < 1.29 is 13.2 Å². The Hall–Kier alpha value is -2.38. The van der Waals surface area contributed by atoms with Gasteiger partial charge in [-0.15, -0.1) is 0 Å². The van der Waals surface area contributed by atoms with Crippen molar-refractivity contribution in [3.63, 3.8) is 0 Å². The molecule has 1 amide bonds. The van der Waals surface area contributed by atoms with Crippen LogP contribution < -0.4 is 15.4 Å². The van der Waals surface area contributed by atoms with Crippen LogP contribution in [-0.4, -0.2) is 27.4 Å². The van der Waals surface area contributed by atoms with Crippen molar-refractivity contribution in [1.82, 2.24) is 5.32 Å². The van der Waals surface area contributed by atoms with E-state index in [0.717, 1.165) is 32.4 Å². The fourth-order valence-electron chi connectivity index (χ4n) is 3.89. The smallest absolute Gasteiger partial charge is 0.261 e. The highest BCUT2D eigenvalue weighted by Crippen LogP contribution is 2.58. The van der Waals surface area contributed by atoms with E-state index in [4.69, 9.17) is 0 Å². The standard InChI is InChI=1S/C20H23N3O3S/c24-19(18-14-20(18)9-11-21-12-10-20)22-16-7-4-8-17(13-16)27(25,26)23-15-5-2-1-3-6-15/h1-8,13,18,21,23H,9-12,14H2,(H,22,24). The number of carbonyl (C=O) groups is 1. The van der Waals surface area contributed by atoms with Crippen LogP contribution >= 0.6 is 0 Å². The normalized spacial score (nSPS) is 20.8. The molecule has 1 atom stereocenters. The van der Waals surface area contributed by atoms with Crippen molar-refractivity contribution in [2.24, 2.45) is 11.3 Å². The number of hydrogen-bond acceptors (Lipinski definition) is 4. The third-order valence-corrected chi connectivity index (χ3v) is 6.92. The molecular formula is C20H23N3O3S. The Labute approximate surface area is 159 Å². The number of sulfonamides is 1. The maximum Gasteiger partial charge on any atom is 0.261 e. The molecule has 7 heteroatoms. The fraction of sp³-hybridized carbons (Fsp3) is 0.350. The zero-order valence-electron chi connectivity index (χ0n) is 14.9. The molecule has 27 heavy (non-hydrogen) atoms. The first-order valence-corrected chi connectivity index (χ1v) is 10.7. The number of anilines is 2. The average molecular weight is 385 g/mol. The van der Waals surface area contributed by atoms with Crippen LogP contribution in [0.1, 0.15) is 19.3 Å². The Morgan fingerprint density at radius 3 is 2.44 bits per heavy atom. The molecule has 2 aromatic rings. The first kappa shape index (κ1) is 18.0. The molecule has 142 valence electrons. The van der Waals surface area contributed by atoms with E-state index in [-0.39, 0.29) is 22.1 Å². The Morgan fingerprint density at radius 1 is 1.00 bits per heavy atom. The first-order valence-electron chi connectivity index (χ1n) is 9.18. The lowest BCUT2D eigenvalue weighted by molar-refractivity contribution is -0.118. The number of nitrogens with one attached hydrogen (secondary N) is 3. The van der Waals surface area contributed by atoms with E-state index >= 15 is 0 Å². The lowest BCUT2D eigenvalue weighted by Gasteiger charge is -2.23. The van der Waals surface area contributed by atoms with Crippen LogP contribution in [0.4, 0.5) is 11.4 Å². The molecule has 2 fully saturated rings. The Bertz CT molecular complexity index is 938. The second kappa shape index (κ2) is 6.98. The van der Waals surface area contributed by atoms with Crippen LogP contribution in [0.2, 0.25) is 0 Å². The van der Waals surface area contributed by atoms with Crippen LogP contribution in [0.5, 0.6) is 0 Å². The van der Waals surface area contributed by atoms with Crippen LogP contribution in [0, 0.1) is 11.3 Å². The molecule has 1 spiro atoms. The van der Waals surface area contributed by atoms with E-state index in [1.165, 1.54) is 12.1 Å². The largest absolute Gasteiger partial charge is 0.326 e. The molecule has 3 N–H and O–H groups in total. The van der Waals surface area contributed by atoms with Gasteiger partial charge in [0, 0.05) is 17.3 Å². The lowest BCUT2D eigenvalue weighted by Crippen LogP contribution is -2.31. The molecule has 2 aliphatic rings. The number of hydrogen-bond donors (Lipinski definition) is 3. The molecular weight excluding hydrogens is 362 g/mol. The van der Waals surface area contributed by atoms with Gasteiger partial charge in [-0.25, -0.2) is 8.42 Å². The van der Waals surface area contributed by atoms with E-state index in [1.54, 1.807) is 36.4 Å². The molecule has 1 heterocycles. The molecule has 0 aromatic heterocycles. The molecule has 1 aliphatic heterocycles. The predicted octanol–water partition coefficient (Wildman–Crippen LogP) is 2.82. The quantitative estimate of drug-likeness (QED) is 0.739. The first-order chi connectivity index (χ1) is 13.0. The highest BCUT2D eigenvalue weighted by atomic mass is 32.2. The van der Waals surface area contributed by atoms with Gasteiger partial charge in [0.1, 0.15) is 0 Å². The van der Waals surface area contributed by atoms with E-state index in [9.17, 15) is 13.2 Å². The minimum Gasteiger partial charge on any atom is -0.326 e. The summed E-state index contributed by atoms with van der Waals surface area (Å²) in [6.45, 7) is 1.92. The van der Waals surface area contributed by atoms with Crippen LogP contribution in [0.3, 0.4) is 0 Å². The summed E-state index contributed by atoms with van der Waals surface area (Å²) in [5.41, 5.74) is 1.15. The molecule has 1 aliphatic carbocycles. The summed E-state index contributed by atoms with van der Waals surface area (Å²) in [5.74, 6) is 0.0183. The summed E-state index contributed by atoms with van der Waals surface area (Å²) in [7, 11) is -3.71. The summed E-state index contributed by atoms with van der Waals surface area (Å²) in [6, 6.07) is 15.1. The minimum atomic E-state index is -3.71. The maximum absolute atomic E-state index is 12.6. The van der Waals surface area contributed by atoms with E-state index < -0.39 is 10.0 Å². The number of para-hydroxylation sites is 1. The number of benzene rings is 2. The Balaban J connectivity index is 1.45. The molecule has 6 nitrogen and oxygen atoms in total. The highest BCUT2D eigenvalue weighted by molar-refractivity contribution is 7.92. The summed E-state index contributed by atoms with van der Waals surface area (Å²) >= 11 is 0. The van der Waals surface area contributed by atoms with Crippen molar-refractivity contribution in [2.75, 3.05) is 23.1 Å². The fourth-order valence-corrected chi connectivity index (χ4v) is 4.99. The summed E-state index contributed by atoms with van der Waals surface area (Å²) in [5, 5.41) is 6.23. The van der Waals surface area contributed by atoms with Gasteiger partial charge in [0.25, 0.3) is 10.0 Å². The van der Waals surface area contributed by atoms with Crippen molar-refractivity contribution in [3.8, 4) is 0 Å². The summed E-state index contributed by atoms with van der Waals surface area (Å²) < 4.78 is 27.7. The van der Waals surface area contributed by atoms with Gasteiger partial charge in [-0.1, -0.05) is 24.3 Å². The van der Waals surface area contributed by atoms with Crippen molar-refractivity contribution in [2.45, 2.75) is 24.2 Å². The topological polar surface area (TPSA) is 87.3 Å². The van der Waals surface area contributed by atoms with Crippen molar-refractivity contribution in [1.29, 1.82) is 0 Å². The van der Waals surface area contributed by atoms with Gasteiger partial charge in [0.15, 0.2) is 0 Å². The van der Waals surface area contributed by atoms with Crippen molar-refractivity contribution >= 4 is 27.3 Å². The third-order valence-electron chi connectivity index (χ3n) is 5.54. The summed E-state index contributed by atoms with van der Waals surface area (Å²) in [4.78, 5) is 12.7. The van der Waals surface area contributed by atoms with Gasteiger partial charge in [-0.3, -0.25) is 9.52 Å². The predicted molar refractivity (Wildman–Crippen MR) is 105 cm³/mol. The number of amides is 1. The van der Waals surface area contributed by atoms with Gasteiger partial charge < -0.3 is 10.6 Å². The second-order valence-electron chi connectivity index (χ2n) is 7.36. The third kappa shape index (κ3) is 3.84. The number of carbonyl (C=O) groups excluding carboxylic acids is 1. The Morgan fingerprint density at radius 2 is 1.70 bits per heavy atom. The second-order valence-corrected chi connectivity index (χ2v) is 9.04. The molecule has 0 bridgehead atoms. The molecule has 1 saturated carbocycles. The monoisotopic (exact) mass is 385 g/mol. The number of piperidine rings is 1. The maximum atomic E-state index is 12.6. The van der Waals surface area contributed by atoms with E-state index in [2.05, 4.69) is 15.4 Å². The van der Waals surface area contributed by atoms with E-state index in [0.29, 0.717) is 11.4 Å². The average Bonchev–Trinajstić information content (AvgIpc) is 3.36. The Kier molecular flexibility index (Phi) is 4.65. The van der Waals surface area contributed by atoms with Gasteiger partial charge in [-0.05, 0) is 68.1 Å². The molecule has 1 unspecified atom stereocenters. The molecule has 4 rings (SSSR count). The van der Waals surface area contributed by atoms with Crippen LogP contribution in [-0.2, 0) is 14.8 Å². The van der Waals surface area contributed by atoms with E-state index in [1.807, 2.05) is 6.07 Å². The van der Waals surface area contributed by atoms with Gasteiger partial charge in [-0.2, -0.15) is 0 Å². The highest BCUT2D eigenvalue weighted by Gasteiger charge is 2.57.